The average molecular weight is 328 g/mol. The summed E-state index contributed by atoms with van der Waals surface area (Å²) in [6.45, 7) is 5.23. The maximum absolute atomic E-state index is 11.9. The first-order valence-corrected chi connectivity index (χ1v) is 9.08. The fourth-order valence-corrected chi connectivity index (χ4v) is 2.76. The molecule has 0 aromatic heterocycles. The zero-order valence-corrected chi connectivity index (χ0v) is 14.1. The van der Waals surface area contributed by atoms with Gasteiger partial charge in [-0.1, -0.05) is 12.1 Å². The molecule has 0 unspecified atom stereocenters. The van der Waals surface area contributed by atoms with E-state index >= 15 is 0 Å². The zero-order chi connectivity index (χ0) is 16.6. The molecule has 0 aliphatic rings. The molecule has 1 N–H and O–H groups in total. The van der Waals surface area contributed by atoms with Crippen LogP contribution < -0.4 is 9.62 Å². The van der Waals surface area contributed by atoms with E-state index in [1.807, 2.05) is 19.9 Å². The number of nitrogens with zero attached hydrogens (tertiary/aromatic N) is 1. The van der Waals surface area contributed by atoms with Gasteiger partial charge in [-0.2, -0.15) is 0 Å². The molecule has 0 atom stereocenters. The molecule has 124 valence electrons. The Morgan fingerprint density at radius 1 is 1.36 bits per heavy atom. The van der Waals surface area contributed by atoms with Crippen molar-refractivity contribution in [3.05, 3.63) is 29.8 Å². The quantitative estimate of drug-likeness (QED) is 0.693. The summed E-state index contributed by atoms with van der Waals surface area (Å²) in [5.74, 6) is -0.330. The minimum absolute atomic E-state index is 0.225. The first-order chi connectivity index (χ1) is 10.3. The second-order valence-corrected chi connectivity index (χ2v) is 6.92. The lowest BCUT2D eigenvalue weighted by Crippen LogP contribution is -2.40. The number of ether oxygens (including phenoxy) is 1. The Morgan fingerprint density at radius 3 is 2.68 bits per heavy atom. The summed E-state index contributed by atoms with van der Waals surface area (Å²) in [4.78, 5) is 11.9. The molecule has 1 aromatic rings. The van der Waals surface area contributed by atoms with Gasteiger partial charge in [0.2, 0.25) is 15.9 Å². The molecular formula is C15H24N2O4S. The first-order valence-electron chi connectivity index (χ1n) is 7.23. The van der Waals surface area contributed by atoms with E-state index in [9.17, 15) is 13.2 Å². The summed E-state index contributed by atoms with van der Waals surface area (Å²) in [7, 11) is -3.52. The number of hydrogen-bond acceptors (Lipinski definition) is 4. The van der Waals surface area contributed by atoms with Gasteiger partial charge < -0.3 is 10.1 Å². The Hall–Kier alpha value is -1.60. The van der Waals surface area contributed by atoms with Gasteiger partial charge >= 0.3 is 0 Å². The second-order valence-electron chi connectivity index (χ2n) is 5.01. The van der Waals surface area contributed by atoms with Crippen molar-refractivity contribution in [2.24, 2.45) is 0 Å². The molecule has 7 heteroatoms. The Labute approximate surface area is 132 Å². The number of carbonyl (C=O) groups is 1. The maximum Gasteiger partial charge on any atom is 0.240 e. The molecular weight excluding hydrogens is 304 g/mol. The van der Waals surface area contributed by atoms with E-state index < -0.39 is 10.0 Å². The molecule has 6 nitrogen and oxygen atoms in total. The minimum Gasteiger partial charge on any atom is -0.382 e. The Bertz CT molecular complexity index is 587. The molecule has 0 aliphatic heterocycles. The van der Waals surface area contributed by atoms with E-state index in [1.165, 1.54) is 0 Å². The van der Waals surface area contributed by atoms with Crippen molar-refractivity contribution in [2.45, 2.75) is 20.3 Å². The number of anilines is 1. The number of aryl methyl sites for hydroxylation is 1. The van der Waals surface area contributed by atoms with Gasteiger partial charge in [-0.15, -0.1) is 0 Å². The lowest BCUT2D eigenvalue weighted by atomic mass is 10.2. The molecule has 0 radical (unpaired) electrons. The van der Waals surface area contributed by atoms with Crippen molar-refractivity contribution >= 4 is 21.6 Å². The largest absolute Gasteiger partial charge is 0.382 e. The number of amides is 1. The van der Waals surface area contributed by atoms with Gasteiger partial charge in [0.05, 0.1) is 11.9 Å². The highest BCUT2D eigenvalue weighted by atomic mass is 32.2. The normalized spacial score (nSPS) is 11.2. The number of carbonyl (C=O) groups excluding carboxylic acids is 1. The molecule has 1 rings (SSSR count). The lowest BCUT2D eigenvalue weighted by Gasteiger charge is -2.22. The van der Waals surface area contributed by atoms with Crippen molar-refractivity contribution in [1.29, 1.82) is 0 Å². The van der Waals surface area contributed by atoms with Crippen LogP contribution in [0.3, 0.4) is 0 Å². The Kier molecular flexibility index (Phi) is 7.34. The summed E-state index contributed by atoms with van der Waals surface area (Å²) >= 11 is 0. The van der Waals surface area contributed by atoms with Crippen LogP contribution in [0, 0.1) is 6.92 Å². The molecule has 0 aliphatic carbocycles. The number of sulfonamides is 1. The van der Waals surface area contributed by atoms with Crippen molar-refractivity contribution in [1.82, 2.24) is 5.32 Å². The fourth-order valence-electron chi connectivity index (χ4n) is 1.92. The van der Waals surface area contributed by atoms with Gasteiger partial charge in [0.25, 0.3) is 0 Å². The lowest BCUT2D eigenvalue weighted by molar-refractivity contribution is -0.119. The second kappa shape index (κ2) is 8.75. The van der Waals surface area contributed by atoms with Crippen molar-refractivity contribution in [3.8, 4) is 0 Å². The Morgan fingerprint density at radius 2 is 2.09 bits per heavy atom. The summed E-state index contributed by atoms with van der Waals surface area (Å²) in [6.07, 6.45) is 1.79. The highest BCUT2D eigenvalue weighted by molar-refractivity contribution is 7.92. The maximum atomic E-state index is 11.9. The SMILES string of the molecule is CCOCCCNC(=O)CN(c1cccc(C)c1)S(C)(=O)=O. The zero-order valence-electron chi connectivity index (χ0n) is 13.3. The van der Waals surface area contributed by atoms with Crippen molar-refractivity contribution < 1.29 is 17.9 Å². The molecule has 0 bridgehead atoms. The number of hydrogen-bond donors (Lipinski definition) is 1. The highest BCUT2D eigenvalue weighted by Crippen LogP contribution is 2.18. The fraction of sp³-hybridized carbons (Fsp3) is 0.533. The van der Waals surface area contributed by atoms with E-state index in [4.69, 9.17) is 4.74 Å². The van der Waals surface area contributed by atoms with Gasteiger partial charge in [0.15, 0.2) is 0 Å². The van der Waals surface area contributed by atoms with Gasteiger partial charge in [-0.3, -0.25) is 9.10 Å². The molecule has 0 saturated carbocycles. The predicted molar refractivity (Wildman–Crippen MR) is 87.5 cm³/mol. The number of nitrogens with one attached hydrogen (secondary N) is 1. The van der Waals surface area contributed by atoms with Crippen LogP contribution in [0.1, 0.15) is 18.9 Å². The molecule has 0 heterocycles. The average Bonchev–Trinajstić information content (AvgIpc) is 2.43. The summed E-state index contributed by atoms with van der Waals surface area (Å²) in [5, 5.41) is 2.70. The molecule has 22 heavy (non-hydrogen) atoms. The predicted octanol–water partition coefficient (Wildman–Crippen LogP) is 1.30. The van der Waals surface area contributed by atoms with E-state index in [-0.39, 0.29) is 12.5 Å². The molecule has 0 spiro atoms. The third-order valence-electron chi connectivity index (χ3n) is 2.97. The van der Waals surface area contributed by atoms with E-state index in [1.54, 1.807) is 18.2 Å². The van der Waals surface area contributed by atoms with Gasteiger partial charge in [0, 0.05) is 19.8 Å². The van der Waals surface area contributed by atoms with Crippen LogP contribution >= 0.6 is 0 Å². The van der Waals surface area contributed by atoms with Crippen LogP contribution in [0.4, 0.5) is 5.69 Å². The van der Waals surface area contributed by atoms with E-state index in [2.05, 4.69) is 5.32 Å². The summed E-state index contributed by atoms with van der Waals surface area (Å²) in [5.41, 5.74) is 1.43. The van der Waals surface area contributed by atoms with Gasteiger partial charge in [-0.25, -0.2) is 8.42 Å². The first kappa shape index (κ1) is 18.4. The third-order valence-corrected chi connectivity index (χ3v) is 4.11. The minimum atomic E-state index is -3.52. The van der Waals surface area contributed by atoms with Crippen molar-refractivity contribution in [3.63, 3.8) is 0 Å². The molecule has 0 saturated heterocycles. The van der Waals surface area contributed by atoms with Gasteiger partial charge in [0.1, 0.15) is 6.54 Å². The number of rotatable bonds is 9. The van der Waals surface area contributed by atoms with Crippen LogP contribution in [0.25, 0.3) is 0 Å². The Balaban J connectivity index is 2.65. The van der Waals surface area contributed by atoms with Crippen LogP contribution in [-0.2, 0) is 19.6 Å². The highest BCUT2D eigenvalue weighted by Gasteiger charge is 2.20. The monoisotopic (exact) mass is 328 g/mol. The van der Waals surface area contributed by atoms with Gasteiger partial charge in [-0.05, 0) is 38.0 Å². The van der Waals surface area contributed by atoms with Crippen LogP contribution in [0.15, 0.2) is 24.3 Å². The molecule has 1 amide bonds. The van der Waals surface area contributed by atoms with Crippen LogP contribution in [0.2, 0.25) is 0 Å². The summed E-state index contributed by atoms with van der Waals surface area (Å²) in [6, 6.07) is 7.06. The van der Waals surface area contributed by atoms with Crippen LogP contribution in [0.5, 0.6) is 0 Å². The van der Waals surface area contributed by atoms with E-state index in [0.29, 0.717) is 31.9 Å². The number of benzene rings is 1. The van der Waals surface area contributed by atoms with Crippen molar-refractivity contribution in [2.75, 3.05) is 36.9 Å². The van der Waals surface area contributed by atoms with Crippen LogP contribution in [-0.4, -0.2) is 46.9 Å². The smallest absolute Gasteiger partial charge is 0.240 e. The molecule has 1 aromatic carbocycles. The topological polar surface area (TPSA) is 75.7 Å². The van der Waals surface area contributed by atoms with E-state index in [0.717, 1.165) is 16.1 Å². The third kappa shape index (κ3) is 6.44. The molecule has 0 fully saturated rings. The standard InChI is InChI=1S/C15H24N2O4S/c1-4-21-10-6-9-16-15(18)12-17(22(3,19)20)14-8-5-7-13(2)11-14/h5,7-8,11H,4,6,9-10,12H2,1-3H3,(H,16,18). The summed E-state index contributed by atoms with van der Waals surface area (Å²) < 4.78 is 30.1.